The van der Waals surface area contributed by atoms with E-state index in [1.54, 1.807) is 0 Å². The van der Waals surface area contributed by atoms with Crippen molar-refractivity contribution in [1.82, 2.24) is 4.98 Å². The van der Waals surface area contributed by atoms with Gasteiger partial charge >= 0.3 is 0 Å². The van der Waals surface area contributed by atoms with Crippen LogP contribution >= 0.6 is 30.6 Å². The minimum absolute atomic E-state index is 0.497. The second kappa shape index (κ2) is 5.69. The molecule has 0 spiro atoms. The molecule has 0 saturated heterocycles. The molecule has 0 N–H and O–H groups in total. The van der Waals surface area contributed by atoms with Gasteiger partial charge in [0.05, 0.1) is 5.52 Å². The summed E-state index contributed by atoms with van der Waals surface area (Å²) in [5.41, 5.74) is 1.13. The third-order valence-corrected chi connectivity index (χ3v) is 8.40. The van der Waals surface area contributed by atoms with Gasteiger partial charge in [0.2, 0.25) is 0 Å². The summed E-state index contributed by atoms with van der Waals surface area (Å²) < 4.78 is 2.87. The third kappa shape index (κ3) is 2.42. The maximum Gasteiger partial charge on any atom is 0.0785 e. The molecule has 1 aromatic carbocycles. The van der Waals surface area contributed by atoms with Crippen LogP contribution in [0.25, 0.3) is 10.9 Å². The van der Waals surface area contributed by atoms with Crippen LogP contribution in [0.1, 0.15) is 0 Å². The van der Waals surface area contributed by atoms with E-state index in [1.165, 1.54) is 19.9 Å². The molecule has 3 heterocycles. The van der Waals surface area contributed by atoms with Gasteiger partial charge < -0.3 is 0 Å². The van der Waals surface area contributed by atoms with Crippen molar-refractivity contribution in [3.05, 3.63) is 71.6 Å². The molecule has 102 valence electrons. The van der Waals surface area contributed by atoms with Crippen LogP contribution in [-0.4, -0.2) is 4.98 Å². The molecule has 21 heavy (non-hydrogen) atoms. The molecule has 0 radical (unpaired) electrons. The van der Waals surface area contributed by atoms with Gasteiger partial charge in [0.25, 0.3) is 0 Å². The molecule has 3 aromatic heterocycles. The lowest BCUT2D eigenvalue weighted by molar-refractivity contribution is 1.42. The molecule has 0 aliphatic heterocycles. The Morgan fingerprint density at radius 1 is 0.762 bits per heavy atom. The zero-order chi connectivity index (χ0) is 14.1. The fraction of sp³-hybridized carbons (Fsp3) is 0. The number of nitrogens with zero attached hydrogens (tertiary/aromatic N) is 1. The van der Waals surface area contributed by atoms with Gasteiger partial charge in [0.1, 0.15) is 0 Å². The SMILES string of the molecule is c1csc(P(c2cccs2)c2cccc3cccnc23)c1. The number of hydrogen-bond donors (Lipinski definition) is 0. The monoisotopic (exact) mass is 325 g/mol. The number of benzene rings is 1. The largest absolute Gasteiger partial charge is 0.256 e. The molecule has 4 aromatic rings. The number of fused-ring (bicyclic) bond motifs is 1. The molecule has 0 aliphatic rings. The van der Waals surface area contributed by atoms with Crippen LogP contribution in [0.5, 0.6) is 0 Å². The first-order chi connectivity index (χ1) is 10.4. The number of thiophene rings is 2. The zero-order valence-corrected chi connectivity index (χ0v) is 13.7. The number of pyridine rings is 1. The first kappa shape index (κ1) is 13.1. The lowest BCUT2D eigenvalue weighted by Gasteiger charge is -2.16. The molecule has 4 heteroatoms. The Labute approximate surface area is 132 Å². The van der Waals surface area contributed by atoms with E-state index >= 15 is 0 Å². The maximum atomic E-state index is 4.65. The second-order valence-corrected chi connectivity index (χ2v) is 9.21. The van der Waals surface area contributed by atoms with Gasteiger partial charge in [0, 0.05) is 34.0 Å². The normalized spacial score (nSPS) is 11.3. The summed E-state index contributed by atoms with van der Waals surface area (Å²) in [5.74, 6) is 0. The highest BCUT2D eigenvalue weighted by Crippen LogP contribution is 2.38. The Bertz CT molecular complexity index is 814. The summed E-state index contributed by atoms with van der Waals surface area (Å²) in [4.78, 5) is 4.65. The Balaban J connectivity index is 1.98. The van der Waals surface area contributed by atoms with Crippen molar-refractivity contribution in [2.75, 3.05) is 0 Å². The number of hydrogen-bond acceptors (Lipinski definition) is 3. The predicted octanol–water partition coefficient (Wildman–Crippen LogP) is 4.12. The summed E-state index contributed by atoms with van der Waals surface area (Å²) >= 11 is 3.68. The van der Waals surface area contributed by atoms with E-state index in [9.17, 15) is 0 Å². The quantitative estimate of drug-likeness (QED) is 0.517. The average molecular weight is 325 g/mol. The molecule has 0 amide bonds. The van der Waals surface area contributed by atoms with Gasteiger partial charge in [-0.15, -0.1) is 22.7 Å². The van der Waals surface area contributed by atoms with Crippen LogP contribution in [-0.2, 0) is 0 Å². The highest BCUT2D eigenvalue weighted by atomic mass is 32.1. The molecule has 1 nitrogen and oxygen atoms in total. The van der Waals surface area contributed by atoms with Crippen molar-refractivity contribution in [2.24, 2.45) is 0 Å². The minimum atomic E-state index is -0.497. The third-order valence-electron chi connectivity index (χ3n) is 3.31. The van der Waals surface area contributed by atoms with Gasteiger partial charge in [-0.1, -0.05) is 36.4 Å². The minimum Gasteiger partial charge on any atom is -0.256 e. The van der Waals surface area contributed by atoms with Crippen LogP contribution in [0.15, 0.2) is 71.6 Å². The standard InChI is InChI=1S/C17H12NPS2/c1-5-13-6-2-10-18-17(13)14(7-1)19(15-8-3-11-20-15)16-9-4-12-21-16/h1-12H. The van der Waals surface area contributed by atoms with E-state index in [0.29, 0.717) is 0 Å². The van der Waals surface area contributed by atoms with Crippen LogP contribution in [0.4, 0.5) is 0 Å². The Morgan fingerprint density at radius 2 is 1.48 bits per heavy atom. The summed E-state index contributed by atoms with van der Waals surface area (Å²) in [6.45, 7) is 0. The fourth-order valence-electron chi connectivity index (χ4n) is 2.41. The highest BCUT2D eigenvalue weighted by Gasteiger charge is 2.20. The van der Waals surface area contributed by atoms with Gasteiger partial charge in [-0.25, -0.2) is 0 Å². The molecular weight excluding hydrogens is 313 g/mol. The lowest BCUT2D eigenvalue weighted by Crippen LogP contribution is -2.17. The van der Waals surface area contributed by atoms with E-state index in [-0.39, 0.29) is 0 Å². The second-order valence-electron chi connectivity index (χ2n) is 4.59. The van der Waals surface area contributed by atoms with Gasteiger partial charge in [0.15, 0.2) is 0 Å². The van der Waals surface area contributed by atoms with E-state index in [0.717, 1.165) is 5.52 Å². The Morgan fingerprint density at radius 3 is 2.14 bits per heavy atom. The smallest absolute Gasteiger partial charge is 0.0785 e. The van der Waals surface area contributed by atoms with E-state index in [1.807, 2.05) is 34.9 Å². The Kier molecular flexibility index (Phi) is 3.56. The van der Waals surface area contributed by atoms with Crippen LogP contribution in [0.3, 0.4) is 0 Å². The highest BCUT2D eigenvalue weighted by molar-refractivity contribution is 7.87. The lowest BCUT2D eigenvalue weighted by atomic mass is 10.2. The predicted molar refractivity (Wildman–Crippen MR) is 96.2 cm³/mol. The molecule has 0 aliphatic carbocycles. The number of para-hydroxylation sites is 1. The first-order valence-electron chi connectivity index (χ1n) is 6.64. The van der Waals surface area contributed by atoms with Crippen molar-refractivity contribution in [2.45, 2.75) is 0 Å². The van der Waals surface area contributed by atoms with Crippen molar-refractivity contribution in [3.8, 4) is 0 Å². The number of rotatable bonds is 3. The summed E-state index contributed by atoms with van der Waals surface area (Å²) in [6.07, 6.45) is 1.89. The molecule has 0 saturated carbocycles. The van der Waals surface area contributed by atoms with E-state index in [2.05, 4.69) is 64.3 Å². The molecular formula is C17H12NPS2. The summed E-state index contributed by atoms with van der Waals surface area (Å²) in [6, 6.07) is 19.4. The van der Waals surface area contributed by atoms with Crippen molar-refractivity contribution < 1.29 is 0 Å². The van der Waals surface area contributed by atoms with Crippen LogP contribution in [0, 0.1) is 0 Å². The van der Waals surface area contributed by atoms with Gasteiger partial charge in [-0.2, -0.15) is 0 Å². The van der Waals surface area contributed by atoms with Crippen molar-refractivity contribution in [3.63, 3.8) is 0 Å². The summed E-state index contributed by atoms with van der Waals surface area (Å²) in [5, 5.41) is 6.90. The van der Waals surface area contributed by atoms with Crippen molar-refractivity contribution in [1.29, 1.82) is 0 Å². The molecule has 4 rings (SSSR count). The molecule has 0 fully saturated rings. The molecule has 0 bridgehead atoms. The zero-order valence-electron chi connectivity index (χ0n) is 11.1. The molecule has 0 unspecified atom stereocenters. The summed E-state index contributed by atoms with van der Waals surface area (Å²) in [7, 11) is -0.497. The van der Waals surface area contributed by atoms with E-state index in [4.69, 9.17) is 0 Å². The average Bonchev–Trinajstić information content (AvgIpc) is 3.22. The maximum absolute atomic E-state index is 4.65. The fourth-order valence-corrected chi connectivity index (χ4v) is 7.67. The topological polar surface area (TPSA) is 12.9 Å². The first-order valence-corrected chi connectivity index (χ1v) is 9.74. The van der Waals surface area contributed by atoms with Crippen LogP contribution < -0.4 is 14.5 Å². The van der Waals surface area contributed by atoms with Crippen molar-refractivity contribution >= 4 is 56.0 Å². The van der Waals surface area contributed by atoms with Gasteiger partial charge in [-0.05, 0) is 29.0 Å². The Hall–Kier alpha value is -1.54. The van der Waals surface area contributed by atoms with E-state index < -0.39 is 7.92 Å². The van der Waals surface area contributed by atoms with Gasteiger partial charge in [-0.3, -0.25) is 4.98 Å². The van der Waals surface area contributed by atoms with Crippen LogP contribution in [0.2, 0.25) is 0 Å². The number of aromatic nitrogens is 1. The molecule has 0 atom stereocenters.